The molecule has 1 fully saturated rings. The normalized spacial score (nSPS) is 26.8. The summed E-state index contributed by atoms with van der Waals surface area (Å²) in [4.78, 5) is 11.2. The van der Waals surface area contributed by atoms with E-state index in [-0.39, 0.29) is 11.3 Å². The summed E-state index contributed by atoms with van der Waals surface area (Å²) in [6.07, 6.45) is 7.80. The highest BCUT2D eigenvalue weighted by Gasteiger charge is 2.22. The fourth-order valence-electron chi connectivity index (χ4n) is 1.57. The molecule has 0 bridgehead atoms. The van der Waals surface area contributed by atoms with Crippen LogP contribution in [0, 0.1) is 5.92 Å². The Balaban J connectivity index is 2.27. The van der Waals surface area contributed by atoms with Gasteiger partial charge in [0.15, 0.2) is 0 Å². The van der Waals surface area contributed by atoms with Gasteiger partial charge in [0.1, 0.15) is 5.78 Å². The van der Waals surface area contributed by atoms with Crippen molar-refractivity contribution in [2.45, 2.75) is 38.0 Å². The number of halogens is 1. The molecular weight excluding hydrogens is 173 g/mol. The number of hydrogen-bond donors (Lipinski definition) is 0. The molecule has 0 aliphatic heterocycles. The number of carbonyl (C=O) groups is 1. The van der Waals surface area contributed by atoms with Crippen molar-refractivity contribution in [3.63, 3.8) is 0 Å². The number of ketones is 1. The zero-order valence-corrected chi connectivity index (χ0v) is 8.18. The molecule has 0 aromatic carbocycles. The fourth-order valence-corrected chi connectivity index (χ4v) is 1.67. The van der Waals surface area contributed by atoms with Crippen molar-refractivity contribution in [2.75, 3.05) is 0 Å². The Bertz CT molecular complexity index is 184. The lowest BCUT2D eigenvalue weighted by Gasteiger charge is -2.02. The molecule has 2 unspecified atom stereocenters. The minimum Gasteiger partial charge on any atom is -0.299 e. The molecule has 0 amide bonds. The number of alkyl halides is 1. The van der Waals surface area contributed by atoms with Gasteiger partial charge in [-0.15, -0.1) is 11.6 Å². The van der Waals surface area contributed by atoms with Crippen molar-refractivity contribution in [2.24, 2.45) is 5.92 Å². The average molecular weight is 188 g/mol. The third-order valence-corrected chi connectivity index (χ3v) is 2.40. The standard InChI is InChI=1S/C10H15ClO/c1-8(11)4-2-5-9-6-3-7-10(9)12/h2,4,8-9H,3,5-7H2,1H3/i10+1. The second kappa shape index (κ2) is 4.66. The molecule has 0 N–H and O–H groups in total. The number of carbonyl (C=O) groups excluding carboxylic acids is 1. The van der Waals surface area contributed by atoms with Crippen LogP contribution in [-0.4, -0.2) is 11.2 Å². The second-order valence-electron chi connectivity index (χ2n) is 3.40. The Morgan fingerprint density at radius 2 is 2.50 bits per heavy atom. The lowest BCUT2D eigenvalue weighted by atomic mass is 10.1. The minimum atomic E-state index is 0.0847. The largest absolute Gasteiger partial charge is 0.299 e. The summed E-state index contributed by atoms with van der Waals surface area (Å²) in [6, 6.07) is 0. The van der Waals surface area contributed by atoms with E-state index in [1.54, 1.807) is 0 Å². The van der Waals surface area contributed by atoms with Crippen LogP contribution in [0.2, 0.25) is 0 Å². The van der Waals surface area contributed by atoms with Crippen molar-refractivity contribution in [3.05, 3.63) is 12.2 Å². The van der Waals surface area contributed by atoms with E-state index in [0.717, 1.165) is 25.7 Å². The Morgan fingerprint density at radius 3 is 3.00 bits per heavy atom. The predicted octanol–water partition coefficient (Wildman–Crippen LogP) is 2.93. The minimum absolute atomic E-state index is 0.0847. The van der Waals surface area contributed by atoms with Crippen LogP contribution in [0.15, 0.2) is 12.2 Å². The maximum absolute atomic E-state index is 11.2. The Morgan fingerprint density at radius 1 is 1.75 bits per heavy atom. The molecule has 0 saturated heterocycles. The van der Waals surface area contributed by atoms with Crippen LogP contribution in [0.3, 0.4) is 0 Å². The SMILES string of the molecule is CC(Cl)C=CCC1CCC[13C]1=O. The zero-order valence-electron chi connectivity index (χ0n) is 7.42. The maximum atomic E-state index is 11.2. The summed E-state index contributed by atoms with van der Waals surface area (Å²) in [5.41, 5.74) is 0. The van der Waals surface area contributed by atoms with Crippen LogP contribution in [-0.2, 0) is 4.79 Å². The zero-order chi connectivity index (χ0) is 8.97. The molecule has 2 atom stereocenters. The maximum Gasteiger partial charge on any atom is 0.136 e. The molecule has 1 aliphatic carbocycles. The van der Waals surface area contributed by atoms with Gasteiger partial charge in [-0.1, -0.05) is 12.2 Å². The number of Topliss-reactive ketones (excluding diaryl/α,β-unsaturated/α-hetero) is 1. The fraction of sp³-hybridized carbons (Fsp3) is 0.700. The van der Waals surface area contributed by atoms with Crippen molar-refractivity contribution < 1.29 is 4.79 Å². The van der Waals surface area contributed by atoms with Gasteiger partial charge >= 0.3 is 0 Å². The van der Waals surface area contributed by atoms with E-state index in [9.17, 15) is 4.79 Å². The highest BCUT2D eigenvalue weighted by Crippen LogP contribution is 2.24. The Labute approximate surface area is 78.8 Å². The van der Waals surface area contributed by atoms with Crippen LogP contribution < -0.4 is 0 Å². The summed E-state index contributed by atoms with van der Waals surface area (Å²) in [7, 11) is 0. The highest BCUT2D eigenvalue weighted by atomic mass is 35.5. The van der Waals surface area contributed by atoms with Gasteiger partial charge in [0.05, 0.1) is 0 Å². The Hall–Kier alpha value is -0.300. The lowest BCUT2D eigenvalue weighted by molar-refractivity contribution is -0.120. The average Bonchev–Trinajstić information content (AvgIpc) is 2.36. The monoisotopic (exact) mass is 187 g/mol. The van der Waals surface area contributed by atoms with E-state index < -0.39 is 0 Å². The molecule has 1 rings (SSSR count). The number of allylic oxidation sites excluding steroid dienone is 2. The first-order valence-corrected chi connectivity index (χ1v) is 4.97. The van der Waals surface area contributed by atoms with Gasteiger partial charge in [-0.3, -0.25) is 4.79 Å². The van der Waals surface area contributed by atoms with Gasteiger partial charge in [-0.2, -0.15) is 0 Å². The molecule has 1 nitrogen and oxygen atoms in total. The van der Waals surface area contributed by atoms with Crippen LogP contribution in [0.4, 0.5) is 0 Å². The van der Waals surface area contributed by atoms with Gasteiger partial charge in [0.2, 0.25) is 0 Å². The summed E-state index contributed by atoms with van der Waals surface area (Å²) in [5.74, 6) is 0.721. The quantitative estimate of drug-likeness (QED) is 0.377. The van der Waals surface area contributed by atoms with Crippen LogP contribution in [0.1, 0.15) is 32.6 Å². The topological polar surface area (TPSA) is 17.1 Å². The number of hydrogen-bond acceptors (Lipinski definition) is 1. The van der Waals surface area contributed by atoms with Gasteiger partial charge in [-0.05, 0) is 26.2 Å². The molecule has 0 radical (unpaired) electrons. The first kappa shape index (κ1) is 9.79. The van der Waals surface area contributed by atoms with Crippen molar-refractivity contribution in [3.8, 4) is 0 Å². The van der Waals surface area contributed by atoms with Crippen LogP contribution in [0.5, 0.6) is 0 Å². The molecule has 1 aliphatic rings. The second-order valence-corrected chi connectivity index (χ2v) is 4.09. The molecule has 0 spiro atoms. The Kier molecular flexibility index (Phi) is 3.80. The van der Waals surface area contributed by atoms with Gasteiger partial charge < -0.3 is 0 Å². The smallest absolute Gasteiger partial charge is 0.136 e. The summed E-state index contributed by atoms with van der Waals surface area (Å²) >= 11 is 5.73. The van der Waals surface area contributed by atoms with E-state index in [0.29, 0.717) is 5.78 Å². The van der Waals surface area contributed by atoms with Crippen molar-refractivity contribution >= 4 is 17.4 Å². The first-order chi connectivity index (χ1) is 5.70. The van der Waals surface area contributed by atoms with Gasteiger partial charge in [0.25, 0.3) is 0 Å². The van der Waals surface area contributed by atoms with Crippen molar-refractivity contribution in [1.82, 2.24) is 0 Å². The lowest BCUT2D eigenvalue weighted by Crippen LogP contribution is -2.04. The van der Waals surface area contributed by atoms with Gasteiger partial charge in [0, 0.05) is 17.7 Å². The van der Waals surface area contributed by atoms with Crippen LogP contribution >= 0.6 is 11.6 Å². The molecule has 2 heteroatoms. The van der Waals surface area contributed by atoms with E-state index in [1.165, 1.54) is 0 Å². The molecule has 12 heavy (non-hydrogen) atoms. The van der Waals surface area contributed by atoms with Gasteiger partial charge in [-0.25, -0.2) is 0 Å². The van der Waals surface area contributed by atoms with Crippen molar-refractivity contribution in [1.29, 1.82) is 0 Å². The molecule has 68 valence electrons. The third kappa shape index (κ3) is 2.98. The summed E-state index contributed by atoms with van der Waals surface area (Å²) < 4.78 is 0. The van der Waals surface area contributed by atoms with E-state index in [4.69, 9.17) is 11.6 Å². The molecular formula is C10H15ClO. The summed E-state index contributed by atoms with van der Waals surface area (Å²) in [5, 5.41) is 0.0847. The van der Waals surface area contributed by atoms with Crippen LogP contribution in [0.25, 0.3) is 0 Å². The first-order valence-electron chi connectivity index (χ1n) is 4.53. The highest BCUT2D eigenvalue weighted by molar-refractivity contribution is 6.21. The van der Waals surface area contributed by atoms with E-state index in [1.807, 2.05) is 19.1 Å². The summed E-state index contributed by atoms with van der Waals surface area (Å²) in [6.45, 7) is 1.93. The predicted molar refractivity (Wildman–Crippen MR) is 51.4 cm³/mol. The molecule has 1 saturated carbocycles. The van der Waals surface area contributed by atoms with E-state index >= 15 is 0 Å². The molecule has 0 heterocycles. The third-order valence-electron chi connectivity index (χ3n) is 2.25. The molecule has 0 aromatic heterocycles. The van der Waals surface area contributed by atoms with E-state index in [2.05, 4.69) is 0 Å². The number of rotatable bonds is 3. The molecule has 0 aromatic rings.